The molecule has 1 aliphatic rings. The molecule has 0 atom stereocenters. The summed E-state index contributed by atoms with van der Waals surface area (Å²) in [6.07, 6.45) is 0. The van der Waals surface area contributed by atoms with Crippen molar-refractivity contribution in [3.8, 4) is 17.0 Å². The Hall–Kier alpha value is -1.77. The van der Waals surface area contributed by atoms with Gasteiger partial charge in [0, 0.05) is 11.5 Å². The lowest BCUT2D eigenvalue weighted by atomic mass is 9.98. The van der Waals surface area contributed by atoms with Crippen LogP contribution in [0, 0.1) is 0 Å². The van der Waals surface area contributed by atoms with Gasteiger partial charge in [-0.1, -0.05) is 33.8 Å². The van der Waals surface area contributed by atoms with Gasteiger partial charge in [0.2, 0.25) is 0 Å². The predicted octanol–water partition coefficient (Wildman–Crippen LogP) is 4.22. The average molecular weight is 256 g/mol. The third kappa shape index (κ3) is 2.03. The van der Waals surface area contributed by atoms with Gasteiger partial charge in [-0.25, -0.2) is 4.98 Å². The molecule has 0 spiro atoms. The summed E-state index contributed by atoms with van der Waals surface area (Å²) in [5.74, 6) is 2.92. The van der Waals surface area contributed by atoms with Gasteiger partial charge in [-0.2, -0.15) is 0 Å². The van der Waals surface area contributed by atoms with Gasteiger partial charge >= 0.3 is 0 Å². The quantitative estimate of drug-likeness (QED) is 0.873. The second-order valence-electron chi connectivity index (χ2n) is 5.80. The van der Waals surface area contributed by atoms with E-state index in [0.717, 1.165) is 28.5 Å². The van der Waals surface area contributed by atoms with Crippen molar-refractivity contribution in [2.75, 3.05) is 0 Å². The Morgan fingerprint density at radius 2 is 1.95 bits per heavy atom. The summed E-state index contributed by atoms with van der Waals surface area (Å²) in [6, 6.07) is 6.45. The van der Waals surface area contributed by atoms with Crippen molar-refractivity contribution in [2.24, 2.45) is 0 Å². The summed E-state index contributed by atoms with van der Waals surface area (Å²) < 4.78 is 5.86. The van der Waals surface area contributed by atoms with Gasteiger partial charge in [-0.15, -0.1) is 0 Å². The summed E-state index contributed by atoms with van der Waals surface area (Å²) in [4.78, 5) is 8.11. The molecule has 0 fully saturated rings. The Bertz CT molecular complexity index is 611. The van der Waals surface area contributed by atoms with Crippen LogP contribution in [-0.4, -0.2) is 9.97 Å². The molecule has 1 aliphatic heterocycles. The van der Waals surface area contributed by atoms with Gasteiger partial charge < -0.3 is 9.72 Å². The summed E-state index contributed by atoms with van der Waals surface area (Å²) in [5, 5.41) is 0. The van der Waals surface area contributed by atoms with E-state index >= 15 is 0 Å². The van der Waals surface area contributed by atoms with E-state index in [2.05, 4.69) is 50.9 Å². The highest BCUT2D eigenvalue weighted by molar-refractivity contribution is 5.71. The van der Waals surface area contributed by atoms with Crippen LogP contribution in [0.15, 0.2) is 18.2 Å². The van der Waals surface area contributed by atoms with E-state index in [0.29, 0.717) is 18.4 Å². The van der Waals surface area contributed by atoms with Crippen LogP contribution in [0.3, 0.4) is 0 Å². The number of fused-ring (bicyclic) bond motifs is 3. The number of hydrogen-bond acceptors (Lipinski definition) is 2. The van der Waals surface area contributed by atoms with Crippen molar-refractivity contribution in [1.82, 2.24) is 9.97 Å². The SMILES string of the molecule is CC(C)c1ccc2c(c1)OCc1[nH]c(C(C)C)nc1-2. The zero-order chi connectivity index (χ0) is 13.6. The molecule has 0 saturated heterocycles. The number of nitrogens with zero attached hydrogens (tertiary/aromatic N) is 1. The zero-order valence-electron chi connectivity index (χ0n) is 11.9. The minimum absolute atomic E-state index is 0.406. The first-order valence-electron chi connectivity index (χ1n) is 6.92. The maximum atomic E-state index is 5.86. The highest BCUT2D eigenvalue weighted by atomic mass is 16.5. The minimum atomic E-state index is 0.406. The average Bonchev–Trinajstić information content (AvgIpc) is 2.82. The van der Waals surface area contributed by atoms with E-state index in [9.17, 15) is 0 Å². The van der Waals surface area contributed by atoms with Crippen LogP contribution >= 0.6 is 0 Å². The fourth-order valence-corrected chi connectivity index (χ4v) is 2.39. The molecule has 1 N–H and O–H groups in total. The summed E-state index contributed by atoms with van der Waals surface area (Å²) in [7, 11) is 0. The molecule has 1 aromatic carbocycles. The normalized spacial score (nSPS) is 13.4. The summed E-state index contributed by atoms with van der Waals surface area (Å²) in [5.41, 5.74) is 4.56. The van der Waals surface area contributed by atoms with Crippen molar-refractivity contribution in [1.29, 1.82) is 0 Å². The topological polar surface area (TPSA) is 37.9 Å². The number of ether oxygens (including phenoxy) is 1. The standard InChI is InChI=1S/C16H20N2O/c1-9(2)11-5-6-12-14(7-11)19-8-13-15(12)18-16(17-13)10(3)4/h5-7,9-10H,8H2,1-4H3,(H,17,18). The highest BCUT2D eigenvalue weighted by Crippen LogP contribution is 2.38. The number of imidazole rings is 1. The third-order valence-electron chi connectivity index (χ3n) is 3.64. The first-order chi connectivity index (χ1) is 9.06. The number of aromatic amines is 1. The number of aromatic nitrogens is 2. The monoisotopic (exact) mass is 256 g/mol. The number of H-pyrrole nitrogens is 1. The third-order valence-corrected chi connectivity index (χ3v) is 3.64. The van der Waals surface area contributed by atoms with Crippen molar-refractivity contribution < 1.29 is 4.74 Å². The van der Waals surface area contributed by atoms with Gasteiger partial charge in [0.25, 0.3) is 0 Å². The van der Waals surface area contributed by atoms with E-state index in [1.807, 2.05) is 0 Å². The molecule has 0 radical (unpaired) electrons. The van der Waals surface area contributed by atoms with Crippen LogP contribution in [0.5, 0.6) is 5.75 Å². The molecule has 1 aromatic heterocycles. The molecule has 0 unspecified atom stereocenters. The number of benzene rings is 1. The van der Waals surface area contributed by atoms with Gasteiger partial charge in [0.15, 0.2) is 0 Å². The highest BCUT2D eigenvalue weighted by Gasteiger charge is 2.22. The summed E-state index contributed by atoms with van der Waals surface area (Å²) in [6.45, 7) is 9.27. The maximum Gasteiger partial charge on any atom is 0.130 e. The first-order valence-corrected chi connectivity index (χ1v) is 6.92. The molecule has 3 rings (SSSR count). The van der Waals surface area contributed by atoms with Crippen molar-refractivity contribution in [2.45, 2.75) is 46.1 Å². The molecule has 0 saturated carbocycles. The molecule has 3 nitrogen and oxygen atoms in total. The van der Waals surface area contributed by atoms with Gasteiger partial charge in [0.1, 0.15) is 18.2 Å². The molecule has 0 bridgehead atoms. The van der Waals surface area contributed by atoms with Gasteiger partial charge in [-0.3, -0.25) is 0 Å². The van der Waals surface area contributed by atoms with Crippen LogP contribution in [0.4, 0.5) is 0 Å². The van der Waals surface area contributed by atoms with E-state index in [4.69, 9.17) is 9.72 Å². The predicted molar refractivity (Wildman–Crippen MR) is 76.5 cm³/mol. The largest absolute Gasteiger partial charge is 0.487 e. The molecule has 0 aliphatic carbocycles. The molecule has 2 aromatic rings. The first kappa shape index (κ1) is 12.3. The number of hydrogen-bond donors (Lipinski definition) is 1. The Kier molecular flexibility index (Phi) is 2.85. The second kappa shape index (κ2) is 4.41. The fourth-order valence-electron chi connectivity index (χ4n) is 2.39. The number of rotatable bonds is 2. The maximum absolute atomic E-state index is 5.86. The Balaban J connectivity index is 2.08. The molecule has 19 heavy (non-hydrogen) atoms. The fraction of sp³-hybridized carbons (Fsp3) is 0.438. The molecular weight excluding hydrogens is 236 g/mol. The lowest BCUT2D eigenvalue weighted by Crippen LogP contribution is -2.05. The molecule has 100 valence electrons. The Morgan fingerprint density at radius 1 is 1.16 bits per heavy atom. The van der Waals surface area contributed by atoms with Crippen molar-refractivity contribution in [3.63, 3.8) is 0 Å². The van der Waals surface area contributed by atoms with Gasteiger partial charge in [-0.05, 0) is 23.6 Å². The van der Waals surface area contributed by atoms with E-state index in [-0.39, 0.29) is 0 Å². The van der Waals surface area contributed by atoms with Crippen molar-refractivity contribution >= 4 is 0 Å². The second-order valence-corrected chi connectivity index (χ2v) is 5.80. The smallest absolute Gasteiger partial charge is 0.130 e. The van der Waals surface area contributed by atoms with E-state index in [1.165, 1.54) is 5.56 Å². The molecule has 0 amide bonds. The van der Waals surface area contributed by atoms with Crippen LogP contribution in [-0.2, 0) is 6.61 Å². The molecular formula is C16H20N2O. The van der Waals surface area contributed by atoms with Crippen molar-refractivity contribution in [3.05, 3.63) is 35.3 Å². The van der Waals surface area contributed by atoms with E-state index in [1.54, 1.807) is 0 Å². The van der Waals surface area contributed by atoms with Gasteiger partial charge in [0.05, 0.1) is 11.4 Å². The Labute approximate surface area is 114 Å². The molecule has 2 heterocycles. The lowest BCUT2D eigenvalue weighted by molar-refractivity contribution is 0.297. The van der Waals surface area contributed by atoms with Crippen LogP contribution in [0.1, 0.15) is 56.6 Å². The zero-order valence-corrected chi connectivity index (χ0v) is 11.9. The van der Waals surface area contributed by atoms with Crippen LogP contribution < -0.4 is 4.74 Å². The molecule has 3 heteroatoms. The van der Waals surface area contributed by atoms with E-state index < -0.39 is 0 Å². The van der Waals surface area contributed by atoms with Crippen LogP contribution in [0.25, 0.3) is 11.3 Å². The number of nitrogens with one attached hydrogen (secondary N) is 1. The summed E-state index contributed by atoms with van der Waals surface area (Å²) >= 11 is 0. The Morgan fingerprint density at radius 3 is 2.63 bits per heavy atom. The van der Waals surface area contributed by atoms with Crippen LogP contribution in [0.2, 0.25) is 0 Å². The minimum Gasteiger partial charge on any atom is -0.487 e. The lowest BCUT2D eigenvalue weighted by Gasteiger charge is -2.18.